The van der Waals surface area contributed by atoms with Crippen molar-refractivity contribution in [3.63, 3.8) is 0 Å². The van der Waals surface area contributed by atoms with Crippen molar-refractivity contribution in [2.75, 3.05) is 6.61 Å². The summed E-state index contributed by atoms with van der Waals surface area (Å²) in [7, 11) is 0. The number of aliphatic hydroxyl groups is 1. The fourth-order valence-corrected chi connectivity index (χ4v) is 1.85. The summed E-state index contributed by atoms with van der Waals surface area (Å²) in [5.41, 5.74) is 1.07. The van der Waals surface area contributed by atoms with E-state index in [-0.39, 0.29) is 18.6 Å². The first-order valence-electron chi connectivity index (χ1n) is 6.31. The van der Waals surface area contributed by atoms with Gasteiger partial charge in [-0.3, -0.25) is 4.79 Å². The highest BCUT2D eigenvalue weighted by molar-refractivity contribution is 5.87. The zero-order valence-electron chi connectivity index (χ0n) is 11.0. The molecule has 0 aliphatic carbocycles. The van der Waals surface area contributed by atoms with Gasteiger partial charge in [0.1, 0.15) is 0 Å². The lowest BCUT2D eigenvalue weighted by Crippen LogP contribution is -2.40. The van der Waals surface area contributed by atoms with Gasteiger partial charge in [0.15, 0.2) is 0 Å². The molecule has 1 atom stereocenters. The number of hydrogen-bond acceptors (Lipinski definition) is 2. The average Bonchev–Trinajstić information content (AvgIpc) is 2.40. The van der Waals surface area contributed by atoms with Gasteiger partial charge in [-0.15, -0.1) is 0 Å². The normalized spacial score (nSPS) is 12.6. The molecule has 0 saturated carbocycles. The summed E-state index contributed by atoms with van der Waals surface area (Å²) in [4.78, 5) is 13.8. The molecule has 0 fully saturated rings. The van der Waals surface area contributed by atoms with Gasteiger partial charge in [-0.05, 0) is 25.0 Å². The number of carbonyl (C=O) groups is 1. The monoisotopic (exact) mass is 247 g/mol. The molecule has 0 saturated heterocycles. The molecule has 18 heavy (non-hydrogen) atoms. The van der Waals surface area contributed by atoms with Gasteiger partial charge in [0.2, 0.25) is 5.91 Å². The Morgan fingerprint density at radius 2 is 2.06 bits per heavy atom. The molecule has 0 radical (unpaired) electrons. The van der Waals surface area contributed by atoms with Crippen LogP contribution in [0.1, 0.15) is 25.8 Å². The lowest BCUT2D eigenvalue weighted by molar-refractivity contribution is -0.130. The van der Waals surface area contributed by atoms with Crippen LogP contribution in [-0.2, 0) is 11.3 Å². The van der Waals surface area contributed by atoms with Crippen molar-refractivity contribution in [3.05, 3.63) is 48.0 Å². The zero-order chi connectivity index (χ0) is 13.4. The van der Waals surface area contributed by atoms with Crippen LogP contribution in [0.15, 0.2) is 42.5 Å². The largest absolute Gasteiger partial charge is 0.394 e. The van der Waals surface area contributed by atoms with Gasteiger partial charge in [0.05, 0.1) is 12.6 Å². The first-order valence-corrected chi connectivity index (χ1v) is 6.31. The Labute approximate surface area is 109 Å². The predicted molar refractivity (Wildman–Crippen MR) is 73.0 cm³/mol. The van der Waals surface area contributed by atoms with Crippen molar-refractivity contribution in [3.8, 4) is 0 Å². The van der Waals surface area contributed by atoms with Crippen LogP contribution in [0.4, 0.5) is 0 Å². The van der Waals surface area contributed by atoms with Crippen LogP contribution in [0, 0.1) is 0 Å². The number of benzene rings is 1. The maximum atomic E-state index is 12.0. The molecule has 0 bridgehead atoms. The van der Waals surface area contributed by atoms with E-state index in [2.05, 4.69) is 0 Å². The number of carbonyl (C=O) groups excluding carboxylic acids is 1. The number of nitrogens with zero attached hydrogens (tertiary/aromatic N) is 1. The van der Waals surface area contributed by atoms with Gasteiger partial charge in [0.25, 0.3) is 0 Å². The Hall–Kier alpha value is -1.61. The second-order valence-corrected chi connectivity index (χ2v) is 4.20. The standard InChI is InChI=1S/C15H21NO2/c1-3-8-15(18)16(14(4-2)12-17)11-13-9-6-5-7-10-13/h3,5-10,14,17H,4,11-12H2,1-2H3/b8-3+. The number of allylic oxidation sites excluding steroid dienone is 1. The van der Waals surface area contributed by atoms with Gasteiger partial charge < -0.3 is 10.0 Å². The van der Waals surface area contributed by atoms with Gasteiger partial charge in [-0.2, -0.15) is 0 Å². The van der Waals surface area contributed by atoms with Crippen LogP contribution in [0.3, 0.4) is 0 Å². The summed E-state index contributed by atoms with van der Waals surface area (Å²) in [6.07, 6.45) is 4.01. The van der Waals surface area contributed by atoms with E-state index in [4.69, 9.17) is 0 Å². The number of aliphatic hydroxyl groups excluding tert-OH is 1. The fraction of sp³-hybridized carbons (Fsp3) is 0.400. The maximum Gasteiger partial charge on any atom is 0.246 e. The average molecular weight is 247 g/mol. The van der Waals surface area contributed by atoms with Crippen molar-refractivity contribution in [1.29, 1.82) is 0 Å². The Morgan fingerprint density at radius 3 is 2.56 bits per heavy atom. The second-order valence-electron chi connectivity index (χ2n) is 4.20. The van der Waals surface area contributed by atoms with Crippen molar-refractivity contribution >= 4 is 5.91 Å². The lowest BCUT2D eigenvalue weighted by atomic mass is 10.1. The minimum absolute atomic E-state index is 0.00731. The summed E-state index contributed by atoms with van der Waals surface area (Å²) in [6.45, 7) is 4.32. The molecule has 3 nitrogen and oxygen atoms in total. The van der Waals surface area contributed by atoms with E-state index in [0.29, 0.717) is 6.54 Å². The van der Waals surface area contributed by atoms with Crippen molar-refractivity contribution in [2.45, 2.75) is 32.9 Å². The highest BCUT2D eigenvalue weighted by atomic mass is 16.3. The SMILES string of the molecule is C/C=C/C(=O)N(Cc1ccccc1)C(CC)CO. The van der Waals surface area contributed by atoms with Crippen LogP contribution >= 0.6 is 0 Å². The van der Waals surface area contributed by atoms with E-state index in [1.807, 2.05) is 44.2 Å². The third kappa shape index (κ3) is 4.00. The molecule has 98 valence electrons. The van der Waals surface area contributed by atoms with E-state index >= 15 is 0 Å². The third-order valence-corrected chi connectivity index (χ3v) is 2.91. The van der Waals surface area contributed by atoms with Crippen molar-refractivity contribution < 1.29 is 9.90 Å². The highest BCUT2D eigenvalue weighted by Gasteiger charge is 2.19. The summed E-state index contributed by atoms with van der Waals surface area (Å²) < 4.78 is 0. The second kappa shape index (κ2) is 7.67. The minimum Gasteiger partial charge on any atom is -0.394 e. The van der Waals surface area contributed by atoms with Crippen LogP contribution in [0.2, 0.25) is 0 Å². The molecular weight excluding hydrogens is 226 g/mol. The quantitative estimate of drug-likeness (QED) is 0.784. The number of hydrogen-bond donors (Lipinski definition) is 1. The van der Waals surface area contributed by atoms with Gasteiger partial charge in [-0.1, -0.05) is 43.3 Å². The van der Waals surface area contributed by atoms with Crippen LogP contribution < -0.4 is 0 Å². The van der Waals surface area contributed by atoms with E-state index in [1.165, 1.54) is 0 Å². The van der Waals surface area contributed by atoms with E-state index in [1.54, 1.807) is 17.1 Å². The molecule has 1 N–H and O–H groups in total. The van der Waals surface area contributed by atoms with Crippen molar-refractivity contribution in [2.24, 2.45) is 0 Å². The first-order chi connectivity index (χ1) is 8.72. The van der Waals surface area contributed by atoms with Gasteiger partial charge >= 0.3 is 0 Å². The summed E-state index contributed by atoms with van der Waals surface area (Å²) in [5.74, 6) is -0.0535. The molecule has 3 heteroatoms. The molecule has 1 amide bonds. The minimum atomic E-state index is -0.131. The molecule has 1 rings (SSSR count). The Morgan fingerprint density at radius 1 is 1.39 bits per heavy atom. The van der Waals surface area contributed by atoms with Gasteiger partial charge in [-0.25, -0.2) is 0 Å². The Kier molecular flexibility index (Phi) is 6.15. The van der Waals surface area contributed by atoms with E-state index in [0.717, 1.165) is 12.0 Å². The van der Waals surface area contributed by atoms with Crippen molar-refractivity contribution in [1.82, 2.24) is 4.90 Å². The summed E-state index contributed by atoms with van der Waals surface area (Å²) in [5, 5.41) is 9.37. The molecule has 1 unspecified atom stereocenters. The predicted octanol–water partition coefficient (Wildman–Crippen LogP) is 2.36. The molecular formula is C15H21NO2. The lowest BCUT2D eigenvalue weighted by Gasteiger charge is -2.29. The first kappa shape index (κ1) is 14.5. The fourth-order valence-electron chi connectivity index (χ4n) is 1.85. The molecule has 1 aromatic carbocycles. The number of rotatable bonds is 6. The van der Waals surface area contributed by atoms with Gasteiger partial charge in [0, 0.05) is 6.54 Å². The Bertz CT molecular complexity index is 383. The van der Waals surface area contributed by atoms with E-state index < -0.39 is 0 Å². The van der Waals surface area contributed by atoms with E-state index in [9.17, 15) is 9.90 Å². The topological polar surface area (TPSA) is 40.5 Å². The van der Waals surface area contributed by atoms with Crippen LogP contribution in [-0.4, -0.2) is 28.6 Å². The summed E-state index contributed by atoms with van der Waals surface area (Å²) >= 11 is 0. The van der Waals surface area contributed by atoms with Crippen LogP contribution in [0.25, 0.3) is 0 Å². The molecule has 0 heterocycles. The molecule has 1 aromatic rings. The smallest absolute Gasteiger partial charge is 0.246 e. The number of amides is 1. The highest BCUT2D eigenvalue weighted by Crippen LogP contribution is 2.11. The molecule has 0 aliphatic rings. The summed E-state index contributed by atoms with van der Waals surface area (Å²) in [6, 6.07) is 9.69. The maximum absolute atomic E-state index is 12.0. The van der Waals surface area contributed by atoms with Crippen LogP contribution in [0.5, 0.6) is 0 Å². The molecule has 0 aliphatic heterocycles. The zero-order valence-corrected chi connectivity index (χ0v) is 11.0. The molecule has 0 spiro atoms. The third-order valence-electron chi connectivity index (χ3n) is 2.91. The molecule has 0 aromatic heterocycles. The Balaban J connectivity index is 2.87.